The largest absolute Gasteiger partial charge is 0.381 e. The number of halogens is 1. The van der Waals surface area contributed by atoms with E-state index in [0.29, 0.717) is 25.2 Å². The molecule has 0 bridgehead atoms. The second-order valence-electron chi connectivity index (χ2n) is 7.51. The van der Waals surface area contributed by atoms with Crippen molar-refractivity contribution in [3.8, 4) is 0 Å². The fourth-order valence-electron chi connectivity index (χ4n) is 3.42. The van der Waals surface area contributed by atoms with Crippen molar-refractivity contribution in [2.75, 3.05) is 25.1 Å². The standard InChI is InChI=1S/C25H29FN2O3/c1-3-5-16-31-17-6-15-28-24(29)22(19-9-11-20(26)12-10-19)23(25(28)30)27-21-13-7-18(4-2)8-14-21/h7-14,27H,3-6,15-17H2,1-2H3. The van der Waals surface area contributed by atoms with Crippen LogP contribution in [0.1, 0.15) is 44.2 Å². The van der Waals surface area contributed by atoms with Crippen molar-refractivity contribution in [3.63, 3.8) is 0 Å². The van der Waals surface area contributed by atoms with Crippen LogP contribution >= 0.6 is 0 Å². The van der Waals surface area contributed by atoms with Gasteiger partial charge in [-0.05, 0) is 54.7 Å². The van der Waals surface area contributed by atoms with Crippen molar-refractivity contribution in [2.45, 2.75) is 39.5 Å². The first kappa shape index (κ1) is 22.7. The summed E-state index contributed by atoms with van der Waals surface area (Å²) in [5.74, 6) is -1.15. The summed E-state index contributed by atoms with van der Waals surface area (Å²) in [7, 11) is 0. The van der Waals surface area contributed by atoms with E-state index in [1.165, 1.54) is 34.7 Å². The van der Waals surface area contributed by atoms with E-state index in [4.69, 9.17) is 4.74 Å². The van der Waals surface area contributed by atoms with E-state index in [-0.39, 0.29) is 29.6 Å². The van der Waals surface area contributed by atoms with Crippen molar-refractivity contribution < 1.29 is 18.7 Å². The Morgan fingerprint density at radius 2 is 1.58 bits per heavy atom. The Kier molecular flexibility index (Phi) is 7.95. The smallest absolute Gasteiger partial charge is 0.278 e. The molecule has 0 fully saturated rings. The predicted octanol–water partition coefficient (Wildman–Crippen LogP) is 4.79. The van der Waals surface area contributed by atoms with Gasteiger partial charge in [0.15, 0.2) is 0 Å². The number of nitrogens with one attached hydrogen (secondary N) is 1. The molecule has 0 saturated carbocycles. The molecule has 164 valence electrons. The molecule has 1 heterocycles. The number of benzene rings is 2. The van der Waals surface area contributed by atoms with Crippen LogP contribution in [0.25, 0.3) is 5.57 Å². The topological polar surface area (TPSA) is 58.6 Å². The molecule has 0 radical (unpaired) electrons. The molecular weight excluding hydrogens is 395 g/mol. The van der Waals surface area contributed by atoms with Gasteiger partial charge in [0.2, 0.25) is 0 Å². The number of ether oxygens (including phenoxy) is 1. The number of imide groups is 1. The first-order chi connectivity index (χ1) is 15.0. The SMILES string of the molecule is CCCCOCCCN1C(=O)C(Nc2ccc(CC)cc2)=C(c2ccc(F)cc2)C1=O. The van der Waals surface area contributed by atoms with Gasteiger partial charge in [-0.15, -0.1) is 0 Å². The Bertz CT molecular complexity index is 936. The zero-order valence-electron chi connectivity index (χ0n) is 18.1. The molecular formula is C25H29FN2O3. The molecule has 2 aromatic rings. The molecule has 1 aliphatic rings. The van der Waals surface area contributed by atoms with E-state index in [1.54, 1.807) is 0 Å². The summed E-state index contributed by atoms with van der Waals surface area (Å²) < 4.78 is 19.0. The molecule has 0 atom stereocenters. The summed E-state index contributed by atoms with van der Waals surface area (Å²) >= 11 is 0. The molecule has 6 heteroatoms. The summed E-state index contributed by atoms with van der Waals surface area (Å²) in [6.45, 7) is 5.61. The third-order valence-corrected chi connectivity index (χ3v) is 5.25. The first-order valence-electron chi connectivity index (χ1n) is 10.8. The molecule has 0 unspecified atom stereocenters. The fraction of sp³-hybridized carbons (Fsp3) is 0.360. The highest BCUT2D eigenvalue weighted by Crippen LogP contribution is 2.30. The molecule has 0 aromatic heterocycles. The number of rotatable bonds is 11. The molecule has 2 amide bonds. The van der Waals surface area contributed by atoms with E-state index in [9.17, 15) is 14.0 Å². The van der Waals surface area contributed by atoms with Crippen molar-refractivity contribution in [3.05, 3.63) is 71.2 Å². The maximum absolute atomic E-state index is 13.4. The number of hydrogen-bond donors (Lipinski definition) is 1. The van der Waals surface area contributed by atoms with Crippen LogP contribution in [0.15, 0.2) is 54.2 Å². The maximum Gasteiger partial charge on any atom is 0.278 e. The molecule has 0 aliphatic carbocycles. The summed E-state index contributed by atoms with van der Waals surface area (Å²) in [4.78, 5) is 27.5. The van der Waals surface area contributed by atoms with Crippen LogP contribution in [0.4, 0.5) is 10.1 Å². The van der Waals surface area contributed by atoms with Crippen molar-refractivity contribution >= 4 is 23.1 Å². The Morgan fingerprint density at radius 1 is 0.903 bits per heavy atom. The monoisotopic (exact) mass is 424 g/mol. The van der Waals surface area contributed by atoms with Crippen LogP contribution < -0.4 is 5.32 Å². The molecule has 1 N–H and O–H groups in total. The Hall–Kier alpha value is -2.99. The van der Waals surface area contributed by atoms with Gasteiger partial charge in [-0.3, -0.25) is 14.5 Å². The lowest BCUT2D eigenvalue weighted by Crippen LogP contribution is -2.34. The van der Waals surface area contributed by atoms with Crippen LogP contribution in [0, 0.1) is 5.82 Å². The summed E-state index contributed by atoms with van der Waals surface area (Å²) in [6, 6.07) is 13.4. The van der Waals surface area contributed by atoms with Gasteiger partial charge in [-0.25, -0.2) is 4.39 Å². The lowest BCUT2D eigenvalue weighted by atomic mass is 10.0. The summed E-state index contributed by atoms with van der Waals surface area (Å²) in [6.07, 6.45) is 3.52. The van der Waals surface area contributed by atoms with Crippen LogP contribution in [0.5, 0.6) is 0 Å². The number of nitrogens with zero attached hydrogens (tertiary/aromatic N) is 1. The van der Waals surface area contributed by atoms with Crippen LogP contribution in [-0.4, -0.2) is 36.5 Å². The third-order valence-electron chi connectivity index (χ3n) is 5.25. The van der Waals surface area contributed by atoms with Crippen molar-refractivity contribution in [2.24, 2.45) is 0 Å². The fourth-order valence-corrected chi connectivity index (χ4v) is 3.42. The molecule has 0 spiro atoms. The average molecular weight is 425 g/mol. The molecule has 1 aliphatic heterocycles. The van der Waals surface area contributed by atoms with Gasteiger partial charge in [0.1, 0.15) is 11.5 Å². The summed E-state index contributed by atoms with van der Waals surface area (Å²) in [5.41, 5.74) is 2.88. The van der Waals surface area contributed by atoms with Crippen molar-refractivity contribution in [1.82, 2.24) is 4.90 Å². The van der Waals surface area contributed by atoms with Gasteiger partial charge < -0.3 is 10.1 Å². The second-order valence-corrected chi connectivity index (χ2v) is 7.51. The van der Waals surface area contributed by atoms with Gasteiger partial charge in [0.25, 0.3) is 11.8 Å². The number of anilines is 1. The molecule has 31 heavy (non-hydrogen) atoms. The number of aryl methyl sites for hydroxylation is 1. The normalized spacial score (nSPS) is 14.0. The summed E-state index contributed by atoms with van der Waals surface area (Å²) in [5, 5.41) is 3.13. The minimum atomic E-state index is -0.396. The van der Waals surface area contributed by atoms with Crippen LogP contribution in [0.2, 0.25) is 0 Å². The van der Waals surface area contributed by atoms with E-state index in [0.717, 1.165) is 24.9 Å². The number of carbonyl (C=O) groups is 2. The minimum absolute atomic E-state index is 0.216. The molecule has 5 nitrogen and oxygen atoms in total. The highest BCUT2D eigenvalue weighted by Gasteiger charge is 2.38. The first-order valence-corrected chi connectivity index (χ1v) is 10.8. The number of carbonyl (C=O) groups excluding carboxylic acids is 2. The van der Waals surface area contributed by atoms with Gasteiger partial charge in [0.05, 0.1) is 5.57 Å². The van der Waals surface area contributed by atoms with E-state index < -0.39 is 5.82 Å². The Morgan fingerprint density at radius 3 is 2.23 bits per heavy atom. The predicted molar refractivity (Wildman–Crippen MR) is 120 cm³/mol. The minimum Gasteiger partial charge on any atom is -0.381 e. The van der Waals surface area contributed by atoms with E-state index in [1.807, 2.05) is 24.3 Å². The zero-order chi connectivity index (χ0) is 22.2. The maximum atomic E-state index is 13.4. The number of hydrogen-bond acceptors (Lipinski definition) is 4. The average Bonchev–Trinajstić information content (AvgIpc) is 3.01. The van der Waals surface area contributed by atoms with E-state index >= 15 is 0 Å². The highest BCUT2D eigenvalue weighted by molar-refractivity contribution is 6.36. The zero-order valence-corrected chi connectivity index (χ0v) is 18.1. The van der Waals surface area contributed by atoms with Crippen molar-refractivity contribution in [1.29, 1.82) is 0 Å². The molecule has 2 aromatic carbocycles. The lowest BCUT2D eigenvalue weighted by Gasteiger charge is -2.15. The Balaban J connectivity index is 1.81. The highest BCUT2D eigenvalue weighted by atomic mass is 19.1. The quantitative estimate of drug-likeness (QED) is 0.416. The molecule has 0 saturated heterocycles. The lowest BCUT2D eigenvalue weighted by molar-refractivity contribution is -0.137. The molecule has 3 rings (SSSR count). The van der Waals surface area contributed by atoms with Gasteiger partial charge in [-0.2, -0.15) is 0 Å². The van der Waals surface area contributed by atoms with Gasteiger partial charge >= 0.3 is 0 Å². The van der Waals surface area contributed by atoms with Crippen LogP contribution in [0.3, 0.4) is 0 Å². The van der Waals surface area contributed by atoms with E-state index in [2.05, 4.69) is 19.2 Å². The van der Waals surface area contributed by atoms with Gasteiger partial charge in [-0.1, -0.05) is 44.5 Å². The van der Waals surface area contributed by atoms with Gasteiger partial charge in [0, 0.05) is 25.4 Å². The Labute approximate surface area is 182 Å². The number of amides is 2. The second kappa shape index (κ2) is 10.9. The van der Waals surface area contributed by atoms with Crippen LogP contribution in [-0.2, 0) is 20.7 Å². The third kappa shape index (κ3) is 5.58. The number of unbranched alkanes of at least 4 members (excludes halogenated alkanes) is 1.